The van der Waals surface area contributed by atoms with Gasteiger partial charge in [-0.2, -0.15) is 0 Å². The van der Waals surface area contributed by atoms with Gasteiger partial charge in [0.2, 0.25) is 0 Å². The smallest absolute Gasteiger partial charge is 0.302 e. The van der Waals surface area contributed by atoms with E-state index in [-0.39, 0.29) is 12.1 Å². The first kappa shape index (κ1) is 17.1. The summed E-state index contributed by atoms with van der Waals surface area (Å²) in [7, 11) is 0. The summed E-state index contributed by atoms with van der Waals surface area (Å²) in [5.74, 6) is -0.201. The zero-order valence-electron chi connectivity index (χ0n) is 13.9. The molecule has 0 aliphatic heterocycles. The first-order valence-electron chi connectivity index (χ1n) is 8.21. The van der Waals surface area contributed by atoms with Crippen LogP contribution in [0.2, 0.25) is 0 Å². The number of ether oxygens (including phenoxy) is 1. The highest BCUT2D eigenvalue weighted by molar-refractivity contribution is 5.66. The maximum absolute atomic E-state index is 10.9. The molecule has 0 aromatic heterocycles. The lowest BCUT2D eigenvalue weighted by atomic mass is 10.1. The Morgan fingerprint density at radius 3 is 1.96 bits per heavy atom. The molecule has 0 fully saturated rings. The van der Waals surface area contributed by atoms with E-state index in [4.69, 9.17) is 4.74 Å². The SMILES string of the molecule is CC(=O)O[C@H](C)CCCCN(c1ccccc1)c1ccccc1. The molecule has 0 saturated heterocycles. The third-order valence-electron chi connectivity index (χ3n) is 3.75. The van der Waals surface area contributed by atoms with Crippen molar-refractivity contribution in [3.8, 4) is 0 Å². The van der Waals surface area contributed by atoms with E-state index in [9.17, 15) is 4.79 Å². The minimum absolute atomic E-state index is 0.00518. The topological polar surface area (TPSA) is 29.5 Å². The van der Waals surface area contributed by atoms with Crippen LogP contribution in [-0.4, -0.2) is 18.6 Å². The normalized spacial score (nSPS) is 11.7. The molecular weight excluding hydrogens is 286 g/mol. The van der Waals surface area contributed by atoms with Gasteiger partial charge >= 0.3 is 5.97 Å². The average molecular weight is 311 g/mol. The molecule has 122 valence electrons. The Hall–Kier alpha value is -2.29. The van der Waals surface area contributed by atoms with Crippen LogP contribution in [0.5, 0.6) is 0 Å². The van der Waals surface area contributed by atoms with Gasteiger partial charge in [0.1, 0.15) is 0 Å². The number of esters is 1. The Morgan fingerprint density at radius 1 is 0.957 bits per heavy atom. The minimum Gasteiger partial charge on any atom is -0.463 e. The maximum Gasteiger partial charge on any atom is 0.302 e. The molecule has 0 amide bonds. The summed E-state index contributed by atoms with van der Waals surface area (Å²) in [5.41, 5.74) is 2.40. The molecule has 2 rings (SSSR count). The summed E-state index contributed by atoms with van der Waals surface area (Å²) < 4.78 is 5.17. The molecule has 0 bridgehead atoms. The second-order valence-corrected chi connectivity index (χ2v) is 5.74. The highest BCUT2D eigenvalue weighted by Gasteiger charge is 2.09. The number of carbonyl (C=O) groups excluding carboxylic acids is 1. The van der Waals surface area contributed by atoms with Crippen LogP contribution >= 0.6 is 0 Å². The third kappa shape index (κ3) is 5.78. The second-order valence-electron chi connectivity index (χ2n) is 5.74. The lowest BCUT2D eigenvalue weighted by molar-refractivity contribution is -0.145. The quantitative estimate of drug-likeness (QED) is 0.510. The van der Waals surface area contributed by atoms with Crippen molar-refractivity contribution in [1.82, 2.24) is 0 Å². The van der Waals surface area contributed by atoms with E-state index >= 15 is 0 Å². The molecule has 0 aliphatic rings. The summed E-state index contributed by atoms with van der Waals surface area (Å²) >= 11 is 0. The average Bonchev–Trinajstić information content (AvgIpc) is 2.56. The van der Waals surface area contributed by atoms with Crippen molar-refractivity contribution in [1.29, 1.82) is 0 Å². The Kier molecular flexibility index (Phi) is 6.67. The van der Waals surface area contributed by atoms with Crippen molar-refractivity contribution in [3.05, 3.63) is 60.7 Å². The van der Waals surface area contributed by atoms with E-state index in [1.165, 1.54) is 18.3 Å². The van der Waals surface area contributed by atoms with Gasteiger partial charge in [-0.05, 0) is 50.5 Å². The number of rotatable bonds is 8. The van der Waals surface area contributed by atoms with E-state index in [2.05, 4.69) is 53.4 Å². The van der Waals surface area contributed by atoms with Gasteiger partial charge in [-0.1, -0.05) is 36.4 Å². The summed E-state index contributed by atoms with van der Waals surface area (Å²) in [6.07, 6.45) is 2.98. The molecule has 0 aliphatic carbocycles. The predicted molar refractivity (Wildman–Crippen MR) is 95.0 cm³/mol. The van der Waals surface area contributed by atoms with Crippen LogP contribution in [0.3, 0.4) is 0 Å². The van der Waals surface area contributed by atoms with E-state index in [1.807, 2.05) is 19.1 Å². The van der Waals surface area contributed by atoms with E-state index in [1.54, 1.807) is 0 Å². The zero-order valence-corrected chi connectivity index (χ0v) is 13.9. The van der Waals surface area contributed by atoms with Crippen molar-refractivity contribution in [2.75, 3.05) is 11.4 Å². The Balaban J connectivity index is 1.93. The third-order valence-corrected chi connectivity index (χ3v) is 3.75. The van der Waals surface area contributed by atoms with E-state index in [0.717, 1.165) is 25.8 Å². The summed E-state index contributed by atoms with van der Waals surface area (Å²) in [6.45, 7) is 4.36. The molecule has 2 aromatic rings. The zero-order chi connectivity index (χ0) is 16.5. The molecule has 23 heavy (non-hydrogen) atoms. The van der Waals surface area contributed by atoms with Crippen LogP contribution in [-0.2, 0) is 9.53 Å². The van der Waals surface area contributed by atoms with Crippen LogP contribution in [0, 0.1) is 0 Å². The fourth-order valence-corrected chi connectivity index (χ4v) is 2.67. The van der Waals surface area contributed by atoms with Crippen molar-refractivity contribution in [2.45, 2.75) is 39.2 Å². The molecule has 0 saturated carbocycles. The van der Waals surface area contributed by atoms with Crippen LogP contribution < -0.4 is 4.90 Å². The molecule has 3 heteroatoms. The van der Waals surface area contributed by atoms with Crippen molar-refractivity contribution in [3.63, 3.8) is 0 Å². The van der Waals surface area contributed by atoms with Gasteiger partial charge in [-0.15, -0.1) is 0 Å². The number of hydrogen-bond acceptors (Lipinski definition) is 3. The number of hydrogen-bond donors (Lipinski definition) is 0. The molecule has 0 radical (unpaired) electrons. The number of benzene rings is 2. The van der Waals surface area contributed by atoms with Crippen LogP contribution in [0.4, 0.5) is 11.4 Å². The highest BCUT2D eigenvalue weighted by atomic mass is 16.5. The highest BCUT2D eigenvalue weighted by Crippen LogP contribution is 2.25. The maximum atomic E-state index is 10.9. The fourth-order valence-electron chi connectivity index (χ4n) is 2.67. The molecule has 3 nitrogen and oxygen atoms in total. The predicted octanol–water partition coefficient (Wildman–Crippen LogP) is 4.95. The van der Waals surface area contributed by atoms with Crippen molar-refractivity contribution < 1.29 is 9.53 Å². The first-order valence-corrected chi connectivity index (χ1v) is 8.21. The number of unbranched alkanes of at least 4 members (excludes halogenated alkanes) is 1. The number of anilines is 2. The lowest BCUT2D eigenvalue weighted by Crippen LogP contribution is -2.19. The second kappa shape index (κ2) is 8.99. The molecule has 0 heterocycles. The summed E-state index contributed by atoms with van der Waals surface area (Å²) in [4.78, 5) is 13.3. The van der Waals surface area contributed by atoms with Gasteiger partial charge in [0.15, 0.2) is 0 Å². The Bertz CT molecular complexity index is 544. The minimum atomic E-state index is -0.201. The summed E-state index contributed by atoms with van der Waals surface area (Å²) in [6, 6.07) is 20.9. The van der Waals surface area contributed by atoms with Gasteiger partial charge in [0, 0.05) is 24.8 Å². The number of para-hydroxylation sites is 2. The van der Waals surface area contributed by atoms with Gasteiger partial charge < -0.3 is 9.64 Å². The molecule has 0 spiro atoms. The first-order chi connectivity index (χ1) is 11.2. The standard InChI is InChI=1S/C20H25NO2/c1-17(23-18(2)22)11-9-10-16-21(19-12-5-3-6-13-19)20-14-7-4-8-15-20/h3-8,12-15,17H,9-11,16H2,1-2H3/t17-/m1/s1. The molecule has 0 N–H and O–H groups in total. The van der Waals surface area contributed by atoms with E-state index in [0.29, 0.717) is 0 Å². The Labute approximate surface area is 138 Å². The molecule has 2 aromatic carbocycles. The molecule has 0 unspecified atom stereocenters. The number of nitrogens with zero attached hydrogens (tertiary/aromatic N) is 1. The largest absolute Gasteiger partial charge is 0.463 e. The van der Waals surface area contributed by atoms with Gasteiger partial charge in [0.25, 0.3) is 0 Å². The Morgan fingerprint density at radius 2 is 1.48 bits per heavy atom. The van der Waals surface area contributed by atoms with Crippen molar-refractivity contribution >= 4 is 17.3 Å². The van der Waals surface area contributed by atoms with Gasteiger partial charge in [-0.3, -0.25) is 4.79 Å². The van der Waals surface area contributed by atoms with E-state index < -0.39 is 0 Å². The van der Waals surface area contributed by atoms with Crippen LogP contribution in [0.1, 0.15) is 33.1 Å². The van der Waals surface area contributed by atoms with Crippen molar-refractivity contribution in [2.24, 2.45) is 0 Å². The molecule has 1 atom stereocenters. The van der Waals surface area contributed by atoms with Gasteiger partial charge in [-0.25, -0.2) is 0 Å². The monoisotopic (exact) mass is 311 g/mol. The molecular formula is C20H25NO2. The van der Waals surface area contributed by atoms with Crippen LogP contribution in [0.15, 0.2) is 60.7 Å². The van der Waals surface area contributed by atoms with Crippen LogP contribution in [0.25, 0.3) is 0 Å². The fraction of sp³-hybridized carbons (Fsp3) is 0.350. The lowest BCUT2D eigenvalue weighted by Gasteiger charge is -2.25. The summed E-state index contributed by atoms with van der Waals surface area (Å²) in [5, 5.41) is 0. The van der Waals surface area contributed by atoms with Gasteiger partial charge in [0.05, 0.1) is 6.10 Å². The number of carbonyl (C=O) groups is 1.